The quantitative estimate of drug-likeness (QED) is 0.671. The van der Waals surface area contributed by atoms with Crippen LogP contribution in [0.1, 0.15) is 34.6 Å². The van der Waals surface area contributed by atoms with E-state index in [0.29, 0.717) is 11.6 Å². The summed E-state index contributed by atoms with van der Waals surface area (Å²) in [6.45, 7) is 12.0. The van der Waals surface area contributed by atoms with Gasteiger partial charge in [-0.25, -0.2) is 0 Å². The summed E-state index contributed by atoms with van der Waals surface area (Å²) in [5.41, 5.74) is 0. The minimum atomic E-state index is -1.20. The van der Waals surface area contributed by atoms with E-state index >= 15 is 0 Å². The van der Waals surface area contributed by atoms with Gasteiger partial charge in [-0.05, 0) is 11.1 Å². The van der Waals surface area contributed by atoms with Gasteiger partial charge >= 0.3 is 0 Å². The molecular formula is C10H24OSi. The lowest BCUT2D eigenvalue weighted by molar-refractivity contribution is 0.314. The number of aliphatic hydroxyl groups excluding tert-OH is 1. The summed E-state index contributed by atoms with van der Waals surface area (Å²) in [5.74, 6) is 0. The average molecular weight is 188 g/mol. The fraction of sp³-hybridized carbons (Fsp3) is 1.00. The highest BCUT2D eigenvalue weighted by atomic mass is 28.3. The number of aliphatic hydroxyl groups is 1. The largest absolute Gasteiger partial charge is 0.397 e. The summed E-state index contributed by atoms with van der Waals surface area (Å²) in [4.78, 5) is 0. The molecule has 0 aromatic rings. The van der Waals surface area contributed by atoms with E-state index in [1.54, 1.807) is 0 Å². The lowest BCUT2D eigenvalue weighted by atomic mass is 10.2. The van der Waals surface area contributed by atoms with Crippen LogP contribution in [0, 0.1) is 0 Å². The van der Waals surface area contributed by atoms with Gasteiger partial charge in [-0.3, -0.25) is 0 Å². The molecule has 0 saturated carbocycles. The van der Waals surface area contributed by atoms with Crippen molar-refractivity contribution in [1.29, 1.82) is 0 Å². The van der Waals surface area contributed by atoms with Crippen LogP contribution in [-0.4, -0.2) is 19.8 Å². The first-order valence-electron chi connectivity index (χ1n) is 5.04. The second-order valence-electron chi connectivity index (χ2n) is 4.71. The summed E-state index contributed by atoms with van der Waals surface area (Å²) < 4.78 is 0. The SMILES string of the molecule is CC[Si](CC)(CCO)C(C)(C)C. The van der Waals surface area contributed by atoms with Crippen LogP contribution in [0.2, 0.25) is 23.2 Å². The molecule has 0 fully saturated rings. The molecular weight excluding hydrogens is 164 g/mol. The Balaban J connectivity index is 4.57. The van der Waals surface area contributed by atoms with E-state index in [1.165, 1.54) is 12.1 Å². The Labute approximate surface area is 78.2 Å². The van der Waals surface area contributed by atoms with Crippen molar-refractivity contribution in [2.45, 2.75) is 57.8 Å². The highest BCUT2D eigenvalue weighted by molar-refractivity contribution is 6.82. The smallest absolute Gasteiger partial charge is 0.0606 e. The number of rotatable bonds is 4. The van der Waals surface area contributed by atoms with Crippen LogP contribution in [0.4, 0.5) is 0 Å². The summed E-state index contributed by atoms with van der Waals surface area (Å²) in [7, 11) is -1.20. The van der Waals surface area contributed by atoms with Gasteiger partial charge in [0.15, 0.2) is 0 Å². The Hall–Kier alpha value is 0.177. The Morgan fingerprint density at radius 1 is 1.08 bits per heavy atom. The molecule has 0 aromatic heterocycles. The van der Waals surface area contributed by atoms with Gasteiger partial charge in [0.05, 0.1) is 8.07 Å². The first-order valence-corrected chi connectivity index (χ1v) is 7.66. The van der Waals surface area contributed by atoms with Crippen LogP contribution in [0.3, 0.4) is 0 Å². The summed E-state index contributed by atoms with van der Waals surface area (Å²) in [6, 6.07) is 3.67. The molecule has 0 aliphatic rings. The standard InChI is InChI=1S/C10H24OSi/c1-6-12(7-2,9-8-11)10(3,4)5/h11H,6-9H2,1-5H3. The molecule has 0 aromatic carbocycles. The second-order valence-corrected chi connectivity index (χ2v) is 10.7. The van der Waals surface area contributed by atoms with E-state index < -0.39 is 8.07 Å². The molecule has 1 N–H and O–H groups in total. The maximum Gasteiger partial charge on any atom is 0.0606 e. The fourth-order valence-electron chi connectivity index (χ4n) is 2.25. The van der Waals surface area contributed by atoms with Crippen LogP contribution < -0.4 is 0 Å². The van der Waals surface area contributed by atoms with Gasteiger partial charge in [0.1, 0.15) is 0 Å². The van der Waals surface area contributed by atoms with E-state index in [4.69, 9.17) is 5.11 Å². The topological polar surface area (TPSA) is 20.2 Å². The molecule has 1 nitrogen and oxygen atoms in total. The fourth-order valence-corrected chi connectivity index (χ4v) is 6.76. The molecule has 0 radical (unpaired) electrons. The molecule has 0 saturated heterocycles. The van der Waals surface area contributed by atoms with Crippen molar-refractivity contribution >= 4 is 8.07 Å². The molecule has 0 spiro atoms. The maximum atomic E-state index is 9.06. The molecule has 0 aliphatic carbocycles. The highest BCUT2D eigenvalue weighted by Gasteiger charge is 2.39. The minimum Gasteiger partial charge on any atom is -0.397 e. The molecule has 0 bridgehead atoms. The van der Waals surface area contributed by atoms with Crippen molar-refractivity contribution < 1.29 is 5.11 Å². The van der Waals surface area contributed by atoms with Gasteiger partial charge < -0.3 is 5.11 Å². The number of hydrogen-bond donors (Lipinski definition) is 1. The van der Waals surface area contributed by atoms with E-state index in [9.17, 15) is 0 Å². The van der Waals surface area contributed by atoms with Crippen LogP contribution in [-0.2, 0) is 0 Å². The molecule has 74 valence electrons. The predicted octanol–water partition coefficient (Wildman–Crippen LogP) is 3.27. The van der Waals surface area contributed by atoms with Crippen LogP contribution >= 0.6 is 0 Å². The lowest BCUT2D eigenvalue weighted by Gasteiger charge is -2.42. The molecule has 0 aliphatic heterocycles. The van der Waals surface area contributed by atoms with Crippen molar-refractivity contribution in [1.82, 2.24) is 0 Å². The van der Waals surface area contributed by atoms with Gasteiger partial charge in [0.25, 0.3) is 0 Å². The second kappa shape index (κ2) is 4.42. The van der Waals surface area contributed by atoms with Gasteiger partial charge in [-0.1, -0.05) is 46.7 Å². The van der Waals surface area contributed by atoms with Gasteiger partial charge in [0.2, 0.25) is 0 Å². The maximum absolute atomic E-state index is 9.06. The monoisotopic (exact) mass is 188 g/mol. The molecule has 0 unspecified atom stereocenters. The Morgan fingerprint density at radius 2 is 1.50 bits per heavy atom. The predicted molar refractivity (Wildman–Crippen MR) is 58.3 cm³/mol. The van der Waals surface area contributed by atoms with Crippen LogP contribution in [0.25, 0.3) is 0 Å². The van der Waals surface area contributed by atoms with E-state index in [1.807, 2.05) is 0 Å². The van der Waals surface area contributed by atoms with E-state index in [-0.39, 0.29) is 0 Å². The lowest BCUT2D eigenvalue weighted by Crippen LogP contribution is -2.43. The first-order chi connectivity index (χ1) is 5.43. The zero-order valence-electron chi connectivity index (χ0n) is 9.28. The zero-order valence-corrected chi connectivity index (χ0v) is 10.3. The summed E-state index contributed by atoms with van der Waals surface area (Å²) in [6.07, 6.45) is 0. The number of hydrogen-bond acceptors (Lipinski definition) is 1. The highest BCUT2D eigenvalue weighted by Crippen LogP contribution is 2.43. The minimum absolute atomic E-state index is 0.380. The van der Waals surface area contributed by atoms with Crippen molar-refractivity contribution in [2.75, 3.05) is 6.61 Å². The van der Waals surface area contributed by atoms with Crippen LogP contribution in [0.15, 0.2) is 0 Å². The summed E-state index contributed by atoms with van der Waals surface area (Å²) in [5, 5.41) is 9.51. The molecule has 0 heterocycles. The van der Waals surface area contributed by atoms with Gasteiger partial charge in [-0.15, -0.1) is 0 Å². The normalized spacial score (nSPS) is 13.5. The van der Waals surface area contributed by atoms with E-state index in [0.717, 1.165) is 6.04 Å². The molecule has 0 amide bonds. The van der Waals surface area contributed by atoms with Gasteiger partial charge in [-0.2, -0.15) is 0 Å². The van der Waals surface area contributed by atoms with Crippen molar-refractivity contribution in [3.05, 3.63) is 0 Å². The zero-order chi connectivity index (χ0) is 9.83. The third kappa shape index (κ3) is 2.33. The Morgan fingerprint density at radius 3 is 1.58 bits per heavy atom. The first kappa shape index (κ1) is 12.2. The van der Waals surface area contributed by atoms with Crippen molar-refractivity contribution in [3.63, 3.8) is 0 Å². The molecule has 0 rings (SSSR count). The summed E-state index contributed by atoms with van der Waals surface area (Å²) >= 11 is 0. The van der Waals surface area contributed by atoms with Crippen LogP contribution in [0.5, 0.6) is 0 Å². The molecule has 0 atom stereocenters. The third-order valence-electron chi connectivity index (χ3n) is 3.53. The van der Waals surface area contributed by atoms with Crippen molar-refractivity contribution in [3.8, 4) is 0 Å². The van der Waals surface area contributed by atoms with E-state index in [2.05, 4.69) is 34.6 Å². The van der Waals surface area contributed by atoms with Crippen molar-refractivity contribution in [2.24, 2.45) is 0 Å². The van der Waals surface area contributed by atoms with Gasteiger partial charge in [0, 0.05) is 6.61 Å². The Kier molecular flexibility index (Phi) is 4.49. The molecule has 12 heavy (non-hydrogen) atoms. The molecule has 2 heteroatoms. The average Bonchev–Trinajstić information content (AvgIpc) is 1.98. The third-order valence-corrected chi connectivity index (χ3v) is 10.6. The Bertz CT molecular complexity index is 122.